The number of allylic oxidation sites excluding steroid dienone is 1. The fourth-order valence-corrected chi connectivity index (χ4v) is 5.88. The van der Waals surface area contributed by atoms with Crippen LogP contribution in [0.25, 0.3) is 0 Å². The Morgan fingerprint density at radius 1 is 1.29 bits per heavy atom. The maximum Gasteiger partial charge on any atom is 0.404 e. The molecule has 15 nitrogen and oxygen atoms in total. The Kier molecular flexibility index (Phi) is 10.7. The molecular formula is C24H30N6O9S2. The monoisotopic (exact) mass is 610 g/mol. The van der Waals surface area contributed by atoms with Crippen LogP contribution in [-0.4, -0.2) is 80.7 Å². The summed E-state index contributed by atoms with van der Waals surface area (Å²) in [6, 6.07) is -1.07. The summed E-state index contributed by atoms with van der Waals surface area (Å²) in [5.74, 6) is -3.13. The summed E-state index contributed by atoms with van der Waals surface area (Å²) in [6.45, 7) is 4.87. The Labute approximate surface area is 242 Å². The minimum atomic E-state index is -1.25. The molecule has 3 atom stereocenters. The molecule has 0 aliphatic carbocycles. The van der Waals surface area contributed by atoms with E-state index in [2.05, 4.69) is 20.2 Å². The highest BCUT2D eigenvalue weighted by Crippen LogP contribution is 2.41. The molecular weight excluding hydrogens is 580 g/mol. The molecule has 6 N–H and O–H groups in total. The molecule has 3 heterocycles. The first kappa shape index (κ1) is 31.4. The van der Waals surface area contributed by atoms with Gasteiger partial charge in [-0.1, -0.05) is 25.1 Å². The van der Waals surface area contributed by atoms with Gasteiger partial charge in [0.1, 0.15) is 29.4 Å². The van der Waals surface area contributed by atoms with Gasteiger partial charge in [0, 0.05) is 18.1 Å². The molecule has 0 saturated carbocycles. The van der Waals surface area contributed by atoms with Gasteiger partial charge in [-0.05, 0) is 24.5 Å². The van der Waals surface area contributed by atoms with Gasteiger partial charge in [0.15, 0.2) is 10.8 Å². The van der Waals surface area contributed by atoms with Crippen LogP contribution >= 0.6 is 23.1 Å². The van der Waals surface area contributed by atoms with Gasteiger partial charge in [0.05, 0.1) is 5.92 Å². The first-order chi connectivity index (χ1) is 19.5. The number of nitrogen functional groups attached to an aromatic ring is 1. The Morgan fingerprint density at radius 3 is 2.59 bits per heavy atom. The van der Waals surface area contributed by atoms with E-state index in [-0.39, 0.29) is 34.8 Å². The SMILES string of the molecule is CCC(CC)C(=O)OC(C)OC(=O)C1=C(/C=C\COC(N)=O)CS[C@H]2C(NC(=O)/C(=N\O)c3csc(N)n3)C(=O)N12. The second-order valence-corrected chi connectivity index (χ2v) is 10.7. The van der Waals surface area contributed by atoms with Gasteiger partial charge >= 0.3 is 18.0 Å². The van der Waals surface area contributed by atoms with E-state index >= 15 is 0 Å². The number of esters is 2. The number of anilines is 1. The van der Waals surface area contributed by atoms with Crippen LogP contribution in [0.5, 0.6) is 0 Å². The quantitative estimate of drug-likeness (QED) is 0.0651. The molecule has 2 unspecified atom stereocenters. The summed E-state index contributed by atoms with van der Waals surface area (Å²) in [5.41, 5.74) is 10.4. The fourth-order valence-electron chi connectivity index (χ4n) is 4.01. The largest absolute Gasteiger partial charge is 0.445 e. The first-order valence-electron chi connectivity index (χ1n) is 12.4. The van der Waals surface area contributed by atoms with Crippen molar-refractivity contribution in [2.75, 3.05) is 18.1 Å². The van der Waals surface area contributed by atoms with E-state index in [9.17, 15) is 29.2 Å². The number of nitrogens with two attached hydrogens (primary N) is 2. The zero-order valence-corrected chi connectivity index (χ0v) is 24.0. The lowest BCUT2D eigenvalue weighted by Gasteiger charge is -2.49. The summed E-state index contributed by atoms with van der Waals surface area (Å²) in [6.07, 6.45) is 1.77. The minimum absolute atomic E-state index is 0.0270. The molecule has 2 aliphatic heterocycles. The van der Waals surface area contributed by atoms with Crippen LogP contribution in [0.4, 0.5) is 9.93 Å². The number of carbonyl (C=O) groups excluding carboxylic acids is 5. The van der Waals surface area contributed by atoms with Crippen LogP contribution in [-0.2, 0) is 33.4 Å². The smallest absolute Gasteiger partial charge is 0.404 e. The molecule has 0 radical (unpaired) electrons. The van der Waals surface area contributed by atoms with Crippen LogP contribution in [0.15, 0.2) is 34.0 Å². The lowest BCUT2D eigenvalue weighted by molar-refractivity contribution is -0.187. The Bertz CT molecular complexity index is 1290. The Morgan fingerprint density at radius 2 is 2.00 bits per heavy atom. The second-order valence-electron chi connectivity index (χ2n) is 8.71. The molecule has 0 spiro atoms. The normalized spacial score (nSPS) is 19.5. The average Bonchev–Trinajstić information content (AvgIpc) is 3.35. The van der Waals surface area contributed by atoms with E-state index in [0.29, 0.717) is 18.4 Å². The number of nitrogens with zero attached hydrogens (tertiary/aromatic N) is 3. The number of thioether (sulfide) groups is 1. The van der Waals surface area contributed by atoms with Crippen LogP contribution < -0.4 is 16.8 Å². The Hall–Kier alpha value is -4.12. The van der Waals surface area contributed by atoms with E-state index < -0.39 is 53.3 Å². The van der Waals surface area contributed by atoms with E-state index in [4.69, 9.17) is 20.9 Å². The number of carbonyl (C=O) groups is 5. The van der Waals surface area contributed by atoms with Gasteiger partial charge in [-0.3, -0.25) is 19.3 Å². The van der Waals surface area contributed by atoms with Crippen LogP contribution in [0, 0.1) is 5.92 Å². The van der Waals surface area contributed by atoms with E-state index in [0.717, 1.165) is 16.2 Å². The summed E-state index contributed by atoms with van der Waals surface area (Å²) in [4.78, 5) is 67.6. The Balaban J connectivity index is 1.80. The maximum atomic E-state index is 13.3. The van der Waals surface area contributed by atoms with Crippen molar-refractivity contribution in [2.45, 2.75) is 51.3 Å². The van der Waals surface area contributed by atoms with E-state index in [1.54, 1.807) is 0 Å². The van der Waals surface area contributed by atoms with Crippen LogP contribution in [0.3, 0.4) is 0 Å². The van der Waals surface area contributed by atoms with Crippen molar-refractivity contribution in [3.05, 3.63) is 34.5 Å². The predicted molar refractivity (Wildman–Crippen MR) is 147 cm³/mol. The molecule has 1 saturated heterocycles. The minimum Gasteiger partial charge on any atom is -0.445 e. The summed E-state index contributed by atoms with van der Waals surface area (Å²) < 4.78 is 15.3. The molecule has 1 aromatic heterocycles. The lowest BCUT2D eigenvalue weighted by atomic mass is 10.0. The van der Waals surface area contributed by atoms with Crippen LogP contribution in [0.1, 0.15) is 39.3 Å². The molecule has 1 aromatic rings. The summed E-state index contributed by atoms with van der Waals surface area (Å²) >= 11 is 2.27. The molecule has 41 heavy (non-hydrogen) atoms. The maximum absolute atomic E-state index is 13.3. The number of amides is 3. The highest BCUT2D eigenvalue weighted by atomic mass is 32.2. The van der Waals surface area contributed by atoms with Gasteiger partial charge in [0.2, 0.25) is 6.29 Å². The van der Waals surface area contributed by atoms with Crippen molar-refractivity contribution in [3.8, 4) is 0 Å². The molecule has 0 aromatic carbocycles. The number of ether oxygens (including phenoxy) is 3. The number of hydrogen-bond donors (Lipinski definition) is 4. The number of hydrogen-bond acceptors (Lipinski definition) is 14. The van der Waals surface area contributed by atoms with Gasteiger partial charge in [-0.2, -0.15) is 0 Å². The number of fused-ring (bicyclic) bond motifs is 1. The molecule has 0 bridgehead atoms. The van der Waals surface area contributed by atoms with Gasteiger partial charge in [-0.15, -0.1) is 23.1 Å². The van der Waals surface area contributed by atoms with Gasteiger partial charge in [0.25, 0.3) is 11.8 Å². The first-order valence-corrected chi connectivity index (χ1v) is 14.4. The van der Waals surface area contributed by atoms with Gasteiger partial charge in [-0.25, -0.2) is 14.6 Å². The predicted octanol–water partition coefficient (Wildman–Crippen LogP) is 1.08. The number of rotatable bonds is 12. The number of primary amides is 1. The average molecular weight is 611 g/mol. The number of nitrogens with one attached hydrogen (secondary N) is 1. The van der Waals surface area contributed by atoms with E-state index in [1.807, 2.05) is 13.8 Å². The van der Waals surface area contributed by atoms with Crippen molar-refractivity contribution < 1.29 is 43.4 Å². The van der Waals surface area contributed by atoms with Crippen molar-refractivity contribution in [3.63, 3.8) is 0 Å². The van der Waals surface area contributed by atoms with Crippen molar-refractivity contribution in [2.24, 2.45) is 16.8 Å². The second kappa shape index (κ2) is 14.0. The number of thiazole rings is 1. The van der Waals surface area contributed by atoms with Crippen molar-refractivity contribution in [1.29, 1.82) is 0 Å². The third-order valence-electron chi connectivity index (χ3n) is 6.07. The van der Waals surface area contributed by atoms with Crippen molar-refractivity contribution >= 4 is 63.8 Å². The highest BCUT2D eigenvalue weighted by molar-refractivity contribution is 8.00. The lowest BCUT2D eigenvalue weighted by Crippen LogP contribution is -2.71. The van der Waals surface area contributed by atoms with Crippen LogP contribution in [0.2, 0.25) is 0 Å². The van der Waals surface area contributed by atoms with E-state index in [1.165, 1.54) is 36.2 Å². The molecule has 3 rings (SSSR count). The summed E-state index contributed by atoms with van der Waals surface area (Å²) in [5, 5.41) is 15.7. The highest BCUT2D eigenvalue weighted by Gasteiger charge is 2.54. The number of aromatic nitrogens is 1. The molecule has 17 heteroatoms. The standard InChI is InChI=1S/C24H30N6O9S2/c1-4-12(5-2)21(33)38-11(3)39-22(34)17-13(7-6-8-37-24(26)35)9-40-20-16(19(32)30(17)20)28-18(31)15(29-36)14-10-41-23(25)27-14/h6-7,10-12,16,20,36H,4-5,8-9H2,1-3H3,(H2,25,27)(H2,26,35)(H,28,31)/b7-6-,29-15-/t11?,16?,20-/m0/s1. The zero-order valence-electron chi connectivity index (χ0n) is 22.4. The summed E-state index contributed by atoms with van der Waals surface area (Å²) in [7, 11) is 0. The van der Waals surface area contributed by atoms with Crippen molar-refractivity contribution in [1.82, 2.24) is 15.2 Å². The van der Waals surface area contributed by atoms with Gasteiger partial charge < -0.3 is 36.2 Å². The number of oxime groups is 1. The molecule has 2 aliphatic rings. The topological polar surface area (TPSA) is 226 Å². The third kappa shape index (κ3) is 7.35. The molecule has 3 amide bonds. The number of β-lactam (4-membered cyclic amide) rings is 1. The molecule has 222 valence electrons. The molecule has 1 fully saturated rings. The third-order valence-corrected chi connectivity index (χ3v) is 8.05. The fraction of sp³-hybridized carbons (Fsp3) is 0.458. The zero-order chi connectivity index (χ0) is 30.3.